The van der Waals surface area contributed by atoms with Crippen molar-refractivity contribution < 1.29 is 4.79 Å². The van der Waals surface area contributed by atoms with Crippen LogP contribution in [0.15, 0.2) is 66.9 Å². The molecule has 2 aromatic carbocycles. The van der Waals surface area contributed by atoms with Gasteiger partial charge in [0.2, 0.25) is 5.91 Å². The number of piperazine rings is 1. The molecule has 1 aromatic heterocycles. The van der Waals surface area contributed by atoms with Crippen LogP contribution in [-0.4, -0.2) is 47.0 Å². The van der Waals surface area contributed by atoms with Gasteiger partial charge in [-0.1, -0.05) is 30.3 Å². The van der Waals surface area contributed by atoms with Crippen molar-refractivity contribution in [1.82, 2.24) is 14.9 Å². The molecular formula is C21H20N4O. The quantitative estimate of drug-likeness (QED) is 0.686. The molecule has 1 saturated heterocycles. The average Bonchev–Trinajstić information content (AvgIpc) is 2.72. The third kappa shape index (κ3) is 3.57. The van der Waals surface area contributed by atoms with Gasteiger partial charge in [-0.25, -0.2) is 4.98 Å². The van der Waals surface area contributed by atoms with Gasteiger partial charge in [-0.05, 0) is 30.3 Å². The summed E-state index contributed by atoms with van der Waals surface area (Å²) in [5, 5.41) is 0. The molecule has 0 atom stereocenters. The Hall–Kier alpha value is -3.21. The molecule has 5 heteroatoms. The SMILES string of the molecule is O=C(/C=C/c1cnc2ccccc2n1)N1CCN(c2ccccc2)CC1. The lowest BCUT2D eigenvalue weighted by Crippen LogP contribution is -2.48. The third-order valence-electron chi connectivity index (χ3n) is 4.58. The number of carbonyl (C=O) groups is 1. The van der Waals surface area contributed by atoms with Crippen LogP contribution in [0, 0.1) is 0 Å². The summed E-state index contributed by atoms with van der Waals surface area (Å²) in [7, 11) is 0. The number of carbonyl (C=O) groups excluding carboxylic acids is 1. The Kier molecular flexibility index (Phi) is 4.60. The molecule has 26 heavy (non-hydrogen) atoms. The van der Waals surface area contributed by atoms with Crippen molar-refractivity contribution >= 4 is 28.7 Å². The first-order valence-corrected chi connectivity index (χ1v) is 8.78. The number of rotatable bonds is 3. The van der Waals surface area contributed by atoms with E-state index in [1.165, 1.54) is 5.69 Å². The zero-order valence-corrected chi connectivity index (χ0v) is 14.5. The monoisotopic (exact) mass is 344 g/mol. The zero-order valence-electron chi connectivity index (χ0n) is 14.5. The second kappa shape index (κ2) is 7.35. The minimum absolute atomic E-state index is 0.0210. The smallest absolute Gasteiger partial charge is 0.246 e. The topological polar surface area (TPSA) is 49.3 Å². The Morgan fingerprint density at radius 1 is 0.885 bits per heavy atom. The number of amides is 1. The molecule has 0 bridgehead atoms. The molecule has 1 aliphatic rings. The fourth-order valence-corrected chi connectivity index (χ4v) is 3.14. The predicted molar refractivity (Wildman–Crippen MR) is 104 cm³/mol. The number of benzene rings is 2. The van der Waals surface area contributed by atoms with Gasteiger partial charge < -0.3 is 9.80 Å². The van der Waals surface area contributed by atoms with Crippen LogP contribution in [0.2, 0.25) is 0 Å². The van der Waals surface area contributed by atoms with E-state index in [9.17, 15) is 4.79 Å². The summed E-state index contributed by atoms with van der Waals surface area (Å²) in [4.78, 5) is 25.5. The molecule has 1 aliphatic heterocycles. The van der Waals surface area contributed by atoms with Gasteiger partial charge in [-0.2, -0.15) is 0 Å². The van der Waals surface area contributed by atoms with Gasteiger partial charge >= 0.3 is 0 Å². The molecule has 1 fully saturated rings. The summed E-state index contributed by atoms with van der Waals surface area (Å²) in [6.45, 7) is 3.14. The summed E-state index contributed by atoms with van der Waals surface area (Å²) in [5.41, 5.74) is 3.59. The average molecular weight is 344 g/mol. The summed E-state index contributed by atoms with van der Waals surface area (Å²) in [6.07, 6.45) is 5.03. The first-order valence-electron chi connectivity index (χ1n) is 8.78. The number of nitrogens with zero attached hydrogens (tertiary/aromatic N) is 4. The highest BCUT2D eigenvalue weighted by Gasteiger charge is 2.19. The van der Waals surface area contributed by atoms with E-state index in [0.717, 1.165) is 37.2 Å². The standard InChI is InChI=1S/C21H20N4O/c26-21(11-10-17-16-22-19-8-4-5-9-20(19)23-17)25-14-12-24(13-15-25)18-6-2-1-3-7-18/h1-11,16H,12-15H2/b11-10+. The zero-order chi connectivity index (χ0) is 17.8. The number of para-hydroxylation sites is 3. The van der Waals surface area contributed by atoms with Crippen LogP contribution in [-0.2, 0) is 4.79 Å². The van der Waals surface area contributed by atoms with Crippen molar-refractivity contribution in [3.63, 3.8) is 0 Å². The molecule has 1 amide bonds. The Bertz CT molecular complexity index is 931. The third-order valence-corrected chi connectivity index (χ3v) is 4.58. The molecule has 0 radical (unpaired) electrons. The van der Waals surface area contributed by atoms with Crippen LogP contribution in [0.1, 0.15) is 5.69 Å². The lowest BCUT2D eigenvalue weighted by atomic mass is 10.2. The summed E-state index contributed by atoms with van der Waals surface area (Å²) < 4.78 is 0. The number of aromatic nitrogens is 2. The van der Waals surface area contributed by atoms with E-state index in [1.807, 2.05) is 47.4 Å². The summed E-state index contributed by atoms with van der Waals surface area (Å²) in [6, 6.07) is 18.0. The van der Waals surface area contributed by atoms with Crippen molar-refractivity contribution in [3.05, 3.63) is 72.6 Å². The Balaban J connectivity index is 1.38. The van der Waals surface area contributed by atoms with Gasteiger partial charge in [0.15, 0.2) is 0 Å². The van der Waals surface area contributed by atoms with Crippen molar-refractivity contribution in [2.75, 3.05) is 31.1 Å². The maximum atomic E-state index is 12.5. The van der Waals surface area contributed by atoms with E-state index >= 15 is 0 Å². The van der Waals surface area contributed by atoms with Crippen LogP contribution in [0.3, 0.4) is 0 Å². The van der Waals surface area contributed by atoms with Crippen molar-refractivity contribution in [2.24, 2.45) is 0 Å². The molecule has 2 heterocycles. The second-order valence-corrected chi connectivity index (χ2v) is 6.26. The van der Waals surface area contributed by atoms with Crippen LogP contribution in [0.25, 0.3) is 17.1 Å². The molecule has 3 aromatic rings. The molecular weight excluding hydrogens is 324 g/mol. The van der Waals surface area contributed by atoms with E-state index in [1.54, 1.807) is 18.3 Å². The van der Waals surface area contributed by atoms with Crippen LogP contribution < -0.4 is 4.90 Å². The lowest BCUT2D eigenvalue weighted by Gasteiger charge is -2.35. The number of hydrogen-bond acceptors (Lipinski definition) is 4. The van der Waals surface area contributed by atoms with E-state index in [2.05, 4.69) is 27.0 Å². The normalized spacial score (nSPS) is 14.9. The van der Waals surface area contributed by atoms with Crippen LogP contribution in [0.4, 0.5) is 5.69 Å². The maximum absolute atomic E-state index is 12.5. The Morgan fingerprint density at radius 2 is 1.58 bits per heavy atom. The van der Waals surface area contributed by atoms with E-state index < -0.39 is 0 Å². The minimum Gasteiger partial charge on any atom is -0.368 e. The van der Waals surface area contributed by atoms with Crippen molar-refractivity contribution in [2.45, 2.75) is 0 Å². The van der Waals surface area contributed by atoms with E-state index in [0.29, 0.717) is 5.69 Å². The van der Waals surface area contributed by atoms with Crippen LogP contribution >= 0.6 is 0 Å². The highest BCUT2D eigenvalue weighted by atomic mass is 16.2. The summed E-state index contributed by atoms with van der Waals surface area (Å²) in [5.74, 6) is 0.0210. The number of anilines is 1. The van der Waals surface area contributed by atoms with Gasteiger partial charge in [0.25, 0.3) is 0 Å². The van der Waals surface area contributed by atoms with E-state index in [-0.39, 0.29) is 5.91 Å². The highest BCUT2D eigenvalue weighted by Crippen LogP contribution is 2.16. The molecule has 5 nitrogen and oxygen atoms in total. The highest BCUT2D eigenvalue weighted by molar-refractivity contribution is 5.92. The van der Waals surface area contributed by atoms with Gasteiger partial charge in [0.05, 0.1) is 22.9 Å². The molecule has 130 valence electrons. The molecule has 4 rings (SSSR count). The number of fused-ring (bicyclic) bond motifs is 1. The van der Waals surface area contributed by atoms with Crippen molar-refractivity contribution in [3.8, 4) is 0 Å². The van der Waals surface area contributed by atoms with Gasteiger partial charge in [0, 0.05) is 37.9 Å². The Morgan fingerprint density at radius 3 is 2.35 bits per heavy atom. The van der Waals surface area contributed by atoms with Gasteiger partial charge in [0.1, 0.15) is 0 Å². The fraction of sp³-hybridized carbons (Fsp3) is 0.190. The minimum atomic E-state index is 0.0210. The lowest BCUT2D eigenvalue weighted by molar-refractivity contribution is -0.126. The molecule has 0 unspecified atom stereocenters. The van der Waals surface area contributed by atoms with Crippen molar-refractivity contribution in [1.29, 1.82) is 0 Å². The molecule has 0 aliphatic carbocycles. The first-order chi connectivity index (χ1) is 12.8. The number of hydrogen-bond donors (Lipinski definition) is 0. The Labute approximate surface area is 152 Å². The van der Waals surface area contributed by atoms with Crippen LogP contribution in [0.5, 0.6) is 0 Å². The first kappa shape index (κ1) is 16.3. The predicted octanol–water partition coefficient (Wildman–Crippen LogP) is 2.99. The van der Waals surface area contributed by atoms with Gasteiger partial charge in [-0.3, -0.25) is 9.78 Å². The second-order valence-electron chi connectivity index (χ2n) is 6.26. The molecule has 0 saturated carbocycles. The largest absolute Gasteiger partial charge is 0.368 e. The van der Waals surface area contributed by atoms with E-state index in [4.69, 9.17) is 0 Å². The molecule has 0 N–H and O–H groups in total. The molecule has 0 spiro atoms. The summed E-state index contributed by atoms with van der Waals surface area (Å²) >= 11 is 0. The maximum Gasteiger partial charge on any atom is 0.246 e. The van der Waals surface area contributed by atoms with Gasteiger partial charge in [-0.15, -0.1) is 0 Å². The fourth-order valence-electron chi connectivity index (χ4n) is 3.14.